The van der Waals surface area contributed by atoms with Gasteiger partial charge in [-0.15, -0.1) is 0 Å². The maximum atomic E-state index is 5.97. The summed E-state index contributed by atoms with van der Waals surface area (Å²) in [6.45, 7) is 2.16. The first kappa shape index (κ1) is 11.0. The van der Waals surface area contributed by atoms with E-state index in [2.05, 4.69) is 27.8 Å². The third-order valence-corrected chi connectivity index (χ3v) is 2.70. The van der Waals surface area contributed by atoms with Crippen molar-refractivity contribution >= 4 is 27.5 Å². The maximum absolute atomic E-state index is 5.97. The van der Waals surface area contributed by atoms with Crippen molar-refractivity contribution in [1.82, 2.24) is 4.98 Å². The molecule has 0 amide bonds. The van der Waals surface area contributed by atoms with Crippen LogP contribution < -0.4 is 0 Å². The monoisotopic (exact) mass is 261 g/mol. The molecule has 1 rings (SSSR count). The lowest BCUT2D eigenvalue weighted by molar-refractivity contribution is 0.736. The van der Waals surface area contributed by atoms with Crippen LogP contribution in [0, 0.1) is 0 Å². The molecule has 0 radical (unpaired) electrons. The van der Waals surface area contributed by atoms with E-state index in [4.69, 9.17) is 11.6 Å². The van der Waals surface area contributed by atoms with Gasteiger partial charge >= 0.3 is 0 Å². The summed E-state index contributed by atoms with van der Waals surface area (Å²) in [4.78, 5) is 4.54. The first-order valence-electron chi connectivity index (χ1n) is 4.42. The predicted octanol–water partition coefficient (Wildman–Crippen LogP) is 3.84. The van der Waals surface area contributed by atoms with Gasteiger partial charge in [-0.1, -0.05) is 34.5 Å². The van der Waals surface area contributed by atoms with Crippen molar-refractivity contribution in [3.8, 4) is 0 Å². The molecule has 0 aliphatic carbocycles. The highest BCUT2D eigenvalue weighted by Crippen LogP contribution is 2.17. The molecular weight excluding hydrogens is 249 g/mol. The van der Waals surface area contributed by atoms with Crippen LogP contribution in [-0.4, -0.2) is 9.81 Å². The molecule has 1 atom stereocenters. The van der Waals surface area contributed by atoms with Gasteiger partial charge in [0.2, 0.25) is 0 Å². The Hall–Kier alpha value is -0.0800. The van der Waals surface area contributed by atoms with E-state index in [0.717, 1.165) is 17.9 Å². The number of hydrogen-bond donors (Lipinski definition) is 0. The summed E-state index contributed by atoms with van der Waals surface area (Å²) >= 11 is 9.49. The van der Waals surface area contributed by atoms with Crippen LogP contribution in [0.15, 0.2) is 18.5 Å². The number of pyridine rings is 1. The fraction of sp³-hybridized carbons (Fsp3) is 0.500. The molecule has 0 aliphatic rings. The Morgan fingerprint density at radius 2 is 2.38 bits per heavy atom. The predicted molar refractivity (Wildman–Crippen MR) is 60.6 cm³/mol. The second-order valence-corrected chi connectivity index (χ2v) is 5.11. The van der Waals surface area contributed by atoms with Crippen molar-refractivity contribution < 1.29 is 0 Å². The van der Waals surface area contributed by atoms with Crippen LogP contribution in [0.25, 0.3) is 0 Å². The molecule has 0 saturated heterocycles. The normalized spacial score (nSPS) is 12.8. The van der Waals surface area contributed by atoms with E-state index >= 15 is 0 Å². The number of nitrogens with zero attached hydrogens (tertiary/aromatic N) is 1. The SMILES string of the molecule is CC(Br)CCCc1ccncc1Cl. The second-order valence-electron chi connectivity index (χ2n) is 3.14. The van der Waals surface area contributed by atoms with Crippen LogP contribution in [0.1, 0.15) is 25.3 Å². The molecule has 0 spiro atoms. The van der Waals surface area contributed by atoms with E-state index in [1.807, 2.05) is 6.07 Å². The van der Waals surface area contributed by atoms with E-state index in [1.165, 1.54) is 12.0 Å². The summed E-state index contributed by atoms with van der Waals surface area (Å²) in [5.74, 6) is 0. The van der Waals surface area contributed by atoms with Crippen LogP contribution in [0.4, 0.5) is 0 Å². The zero-order chi connectivity index (χ0) is 9.68. The van der Waals surface area contributed by atoms with E-state index in [1.54, 1.807) is 12.4 Å². The molecule has 1 heterocycles. The summed E-state index contributed by atoms with van der Waals surface area (Å²) in [7, 11) is 0. The minimum Gasteiger partial charge on any atom is -0.263 e. The largest absolute Gasteiger partial charge is 0.263 e. The van der Waals surface area contributed by atoms with Crippen molar-refractivity contribution in [3.63, 3.8) is 0 Å². The van der Waals surface area contributed by atoms with Gasteiger partial charge in [0.1, 0.15) is 0 Å². The Morgan fingerprint density at radius 3 is 3.00 bits per heavy atom. The van der Waals surface area contributed by atoms with Gasteiger partial charge in [-0.2, -0.15) is 0 Å². The first-order valence-corrected chi connectivity index (χ1v) is 5.72. The van der Waals surface area contributed by atoms with Gasteiger partial charge in [0.25, 0.3) is 0 Å². The molecule has 1 nitrogen and oxygen atoms in total. The molecule has 0 saturated carbocycles. The van der Waals surface area contributed by atoms with Crippen molar-refractivity contribution in [2.45, 2.75) is 31.0 Å². The number of hydrogen-bond acceptors (Lipinski definition) is 1. The number of rotatable bonds is 4. The zero-order valence-corrected chi connectivity index (χ0v) is 9.98. The number of halogens is 2. The van der Waals surface area contributed by atoms with Crippen molar-refractivity contribution in [2.75, 3.05) is 0 Å². The molecule has 0 aromatic carbocycles. The van der Waals surface area contributed by atoms with Gasteiger partial charge < -0.3 is 0 Å². The standard InChI is InChI=1S/C10H13BrClN/c1-8(11)3-2-4-9-5-6-13-7-10(9)12/h5-8H,2-4H2,1H3. The smallest absolute Gasteiger partial charge is 0.0621 e. The summed E-state index contributed by atoms with van der Waals surface area (Å²) in [6.07, 6.45) is 6.87. The fourth-order valence-corrected chi connectivity index (χ4v) is 1.72. The molecule has 72 valence electrons. The quantitative estimate of drug-likeness (QED) is 0.751. The molecule has 13 heavy (non-hydrogen) atoms. The minimum absolute atomic E-state index is 0.591. The van der Waals surface area contributed by atoms with E-state index in [9.17, 15) is 0 Å². The average molecular weight is 263 g/mol. The highest BCUT2D eigenvalue weighted by atomic mass is 79.9. The van der Waals surface area contributed by atoms with Crippen LogP contribution in [0.2, 0.25) is 5.02 Å². The molecule has 0 bridgehead atoms. The van der Waals surface area contributed by atoms with Crippen LogP contribution in [0.3, 0.4) is 0 Å². The Bertz CT molecular complexity index is 263. The molecule has 1 aromatic heterocycles. The van der Waals surface area contributed by atoms with Crippen molar-refractivity contribution in [1.29, 1.82) is 0 Å². The number of alkyl halides is 1. The summed E-state index contributed by atoms with van der Waals surface area (Å²) in [5.41, 5.74) is 1.20. The summed E-state index contributed by atoms with van der Waals surface area (Å²) in [6, 6.07) is 1.99. The van der Waals surface area contributed by atoms with Gasteiger partial charge in [0.15, 0.2) is 0 Å². The number of aryl methyl sites for hydroxylation is 1. The van der Waals surface area contributed by atoms with E-state index in [0.29, 0.717) is 4.83 Å². The third kappa shape index (κ3) is 4.10. The lowest BCUT2D eigenvalue weighted by atomic mass is 10.1. The van der Waals surface area contributed by atoms with Gasteiger partial charge in [0, 0.05) is 17.2 Å². The molecule has 0 fully saturated rings. The van der Waals surface area contributed by atoms with Gasteiger partial charge in [0.05, 0.1) is 5.02 Å². The van der Waals surface area contributed by atoms with Gasteiger partial charge in [-0.25, -0.2) is 0 Å². The topological polar surface area (TPSA) is 12.9 Å². The molecule has 0 aliphatic heterocycles. The Labute approximate surface area is 92.6 Å². The van der Waals surface area contributed by atoms with Crippen LogP contribution in [0.5, 0.6) is 0 Å². The first-order chi connectivity index (χ1) is 6.20. The molecule has 1 unspecified atom stereocenters. The van der Waals surface area contributed by atoms with Gasteiger partial charge in [-0.3, -0.25) is 4.98 Å². The molecular formula is C10H13BrClN. The van der Waals surface area contributed by atoms with Crippen LogP contribution >= 0.6 is 27.5 Å². The number of aromatic nitrogens is 1. The molecule has 3 heteroatoms. The Kier molecular flexibility index (Phi) is 4.74. The third-order valence-electron chi connectivity index (χ3n) is 1.90. The second kappa shape index (κ2) is 5.61. The van der Waals surface area contributed by atoms with Crippen LogP contribution in [-0.2, 0) is 6.42 Å². The van der Waals surface area contributed by atoms with E-state index < -0.39 is 0 Å². The average Bonchev–Trinajstić information content (AvgIpc) is 2.08. The van der Waals surface area contributed by atoms with Gasteiger partial charge in [-0.05, 0) is 30.9 Å². The lowest BCUT2D eigenvalue weighted by Crippen LogP contribution is -1.93. The minimum atomic E-state index is 0.591. The maximum Gasteiger partial charge on any atom is 0.0621 e. The zero-order valence-electron chi connectivity index (χ0n) is 7.63. The Balaban J connectivity index is 2.41. The van der Waals surface area contributed by atoms with E-state index in [-0.39, 0.29) is 0 Å². The highest BCUT2D eigenvalue weighted by Gasteiger charge is 2.00. The van der Waals surface area contributed by atoms with Crippen molar-refractivity contribution in [2.24, 2.45) is 0 Å². The summed E-state index contributed by atoms with van der Waals surface area (Å²) in [5, 5.41) is 0.782. The highest BCUT2D eigenvalue weighted by molar-refractivity contribution is 9.09. The Morgan fingerprint density at radius 1 is 1.62 bits per heavy atom. The molecule has 0 N–H and O–H groups in total. The summed E-state index contributed by atoms with van der Waals surface area (Å²) < 4.78 is 0. The fourth-order valence-electron chi connectivity index (χ4n) is 1.18. The van der Waals surface area contributed by atoms with Crippen molar-refractivity contribution in [3.05, 3.63) is 29.0 Å². The molecule has 1 aromatic rings. The lowest BCUT2D eigenvalue weighted by Gasteiger charge is -2.04.